The topological polar surface area (TPSA) is 78.8 Å². The van der Waals surface area contributed by atoms with Gasteiger partial charge >= 0.3 is 5.97 Å². The lowest BCUT2D eigenvalue weighted by molar-refractivity contribution is 0.0696. The van der Waals surface area contributed by atoms with Crippen molar-refractivity contribution in [2.75, 3.05) is 11.9 Å². The summed E-state index contributed by atoms with van der Waals surface area (Å²) in [6.07, 6.45) is 0.644. The van der Waals surface area contributed by atoms with Crippen LogP contribution in [0.25, 0.3) is 0 Å². The Balaban J connectivity index is 1.82. The normalized spacial score (nSPS) is 11.8. The highest BCUT2D eigenvalue weighted by Gasteiger charge is 2.11. The summed E-state index contributed by atoms with van der Waals surface area (Å²) in [5, 5.41) is 22.0. The number of hydrogen-bond acceptors (Lipinski definition) is 4. The van der Waals surface area contributed by atoms with Gasteiger partial charge in [0.15, 0.2) is 0 Å². The van der Waals surface area contributed by atoms with Crippen LogP contribution >= 0.6 is 50.1 Å². The van der Waals surface area contributed by atoms with E-state index in [1.807, 2.05) is 12.1 Å². The third-order valence-electron chi connectivity index (χ3n) is 4.18. The highest BCUT2D eigenvalue weighted by Crippen LogP contribution is 2.31. The molecular weight excluding hydrogens is 604 g/mol. The van der Waals surface area contributed by atoms with E-state index in [1.54, 1.807) is 12.1 Å². The number of aromatic carboxylic acids is 1. The van der Waals surface area contributed by atoms with Gasteiger partial charge in [0.2, 0.25) is 0 Å². The zero-order chi connectivity index (χ0) is 22.5. The molecule has 3 rings (SSSR count). The Bertz CT molecular complexity index is 1110. The Morgan fingerprint density at radius 1 is 1.13 bits per heavy atom. The summed E-state index contributed by atoms with van der Waals surface area (Å²) in [7, 11) is 0. The Labute approximate surface area is 205 Å². The molecule has 0 fully saturated rings. The number of ether oxygens (including phenoxy) is 1. The number of benzene rings is 3. The van der Waals surface area contributed by atoms with Crippen molar-refractivity contribution >= 4 is 67.5 Å². The number of hydrogen-bond donors (Lipinski definition) is 3. The molecule has 0 radical (unpaired) electrons. The van der Waals surface area contributed by atoms with Crippen molar-refractivity contribution in [2.24, 2.45) is 0 Å². The van der Waals surface area contributed by atoms with Crippen LogP contribution in [0.5, 0.6) is 11.5 Å². The Morgan fingerprint density at radius 2 is 1.87 bits per heavy atom. The summed E-state index contributed by atoms with van der Waals surface area (Å²) in [5.41, 5.74) is 2.17. The molecule has 0 heterocycles. The molecule has 3 aromatic carbocycles. The van der Waals surface area contributed by atoms with Crippen LogP contribution in [-0.2, 0) is 6.42 Å². The van der Waals surface area contributed by atoms with E-state index < -0.39 is 11.8 Å². The molecule has 3 N–H and O–H groups in total. The highest BCUT2D eigenvalue weighted by molar-refractivity contribution is 14.1. The van der Waals surface area contributed by atoms with Crippen molar-refractivity contribution in [2.45, 2.75) is 10.3 Å². The largest absolute Gasteiger partial charge is 0.478 e. The fourth-order valence-corrected chi connectivity index (χ4v) is 4.18. The second-order valence-electron chi connectivity index (χ2n) is 6.68. The van der Waals surface area contributed by atoms with Crippen LogP contribution in [0.15, 0.2) is 59.1 Å². The summed E-state index contributed by atoms with van der Waals surface area (Å²) in [6.45, 7) is 0.0595. The second kappa shape index (κ2) is 10.6. The molecule has 0 saturated heterocycles. The van der Waals surface area contributed by atoms with Crippen molar-refractivity contribution < 1.29 is 24.1 Å². The SMILES string of the molecule is O=C(O)c1ccc(Oc2cc(F)cc(Nc3cc(Cl)cc(CC(I)CO)c3)c2)cc1Br. The number of halogens is 4. The van der Waals surface area contributed by atoms with Crippen LogP contribution in [-0.4, -0.2) is 26.7 Å². The number of carbonyl (C=O) groups is 1. The third kappa shape index (κ3) is 6.80. The molecule has 162 valence electrons. The smallest absolute Gasteiger partial charge is 0.336 e. The van der Waals surface area contributed by atoms with E-state index in [0.29, 0.717) is 33.0 Å². The fourth-order valence-electron chi connectivity index (χ4n) is 2.89. The van der Waals surface area contributed by atoms with Gasteiger partial charge in [-0.15, -0.1) is 0 Å². The molecule has 1 unspecified atom stereocenters. The monoisotopic (exact) mass is 619 g/mol. The number of anilines is 2. The number of aliphatic hydroxyl groups is 1. The standard InChI is InChI=1S/C22H17BrClFINO4/c23-21-10-18(1-2-20(21)22(29)30)31-19-8-14(25)7-17(9-19)27-16-5-12(3-13(24)6-16)4-15(26)11-28/h1-3,5-10,15,27-28H,4,11H2,(H,29,30). The number of carboxylic acid groups (broad SMARTS) is 1. The van der Waals surface area contributed by atoms with Crippen molar-refractivity contribution in [1.29, 1.82) is 0 Å². The van der Waals surface area contributed by atoms with E-state index in [2.05, 4.69) is 43.8 Å². The molecular formula is C22H17BrClFINO4. The van der Waals surface area contributed by atoms with Crippen LogP contribution in [0.2, 0.25) is 5.02 Å². The first-order valence-corrected chi connectivity index (χ1v) is 11.5. The molecule has 3 aromatic rings. The van der Waals surface area contributed by atoms with Gasteiger partial charge in [0.1, 0.15) is 17.3 Å². The van der Waals surface area contributed by atoms with Gasteiger partial charge in [-0.3, -0.25) is 0 Å². The zero-order valence-corrected chi connectivity index (χ0v) is 20.4. The molecule has 9 heteroatoms. The Kier molecular flexibility index (Phi) is 8.15. The van der Waals surface area contributed by atoms with E-state index in [-0.39, 0.29) is 21.8 Å². The van der Waals surface area contributed by atoms with Gasteiger partial charge < -0.3 is 20.3 Å². The Morgan fingerprint density at radius 3 is 2.55 bits per heavy atom. The molecule has 0 saturated carbocycles. The van der Waals surface area contributed by atoms with Crippen molar-refractivity contribution in [3.63, 3.8) is 0 Å². The number of rotatable bonds is 8. The number of alkyl halides is 1. The van der Waals surface area contributed by atoms with E-state index in [9.17, 15) is 14.3 Å². The highest BCUT2D eigenvalue weighted by atomic mass is 127. The predicted molar refractivity (Wildman–Crippen MR) is 131 cm³/mol. The van der Waals surface area contributed by atoms with Gasteiger partial charge in [0.05, 0.1) is 12.2 Å². The van der Waals surface area contributed by atoms with Gasteiger partial charge in [-0.25, -0.2) is 9.18 Å². The molecule has 0 bridgehead atoms. The van der Waals surface area contributed by atoms with Gasteiger partial charge in [-0.1, -0.05) is 34.2 Å². The number of aliphatic hydroxyl groups excluding tert-OH is 1. The van der Waals surface area contributed by atoms with Crippen molar-refractivity contribution in [3.05, 3.63) is 81.0 Å². The molecule has 0 aliphatic carbocycles. The maximum Gasteiger partial charge on any atom is 0.336 e. The van der Waals surface area contributed by atoms with E-state index in [0.717, 1.165) is 5.56 Å². The maximum atomic E-state index is 14.2. The third-order valence-corrected chi connectivity index (χ3v) is 5.89. The van der Waals surface area contributed by atoms with Gasteiger partial charge in [-0.05, 0) is 70.4 Å². The summed E-state index contributed by atoms with van der Waals surface area (Å²) in [6, 6.07) is 14.0. The maximum absolute atomic E-state index is 14.2. The fraction of sp³-hybridized carbons (Fsp3) is 0.136. The lowest BCUT2D eigenvalue weighted by Crippen LogP contribution is -2.07. The van der Waals surface area contributed by atoms with E-state index in [1.165, 1.54) is 30.3 Å². The lowest BCUT2D eigenvalue weighted by Gasteiger charge is -2.13. The van der Waals surface area contributed by atoms with Crippen molar-refractivity contribution in [3.8, 4) is 11.5 Å². The molecule has 0 spiro atoms. The minimum absolute atomic E-state index is 0.0595. The Hall–Kier alpha value is -1.88. The molecule has 31 heavy (non-hydrogen) atoms. The first kappa shape index (κ1) is 23.8. The molecule has 1 atom stereocenters. The van der Waals surface area contributed by atoms with E-state index >= 15 is 0 Å². The molecule has 0 aliphatic rings. The first-order valence-electron chi connectivity index (χ1n) is 9.06. The summed E-state index contributed by atoms with van der Waals surface area (Å²) in [5.74, 6) is -0.969. The minimum Gasteiger partial charge on any atom is -0.478 e. The molecule has 0 aliphatic heterocycles. The van der Waals surface area contributed by atoms with Crippen LogP contribution < -0.4 is 10.1 Å². The second-order valence-corrected chi connectivity index (χ2v) is 9.73. The molecule has 0 amide bonds. The van der Waals surface area contributed by atoms with Crippen LogP contribution in [0.3, 0.4) is 0 Å². The predicted octanol–water partition coefficient (Wildman–Crippen LogP) is 6.81. The van der Waals surface area contributed by atoms with Gasteiger partial charge in [0, 0.05) is 36.9 Å². The van der Waals surface area contributed by atoms with Crippen LogP contribution in [0.4, 0.5) is 15.8 Å². The molecule has 0 aromatic heterocycles. The summed E-state index contributed by atoms with van der Waals surface area (Å²) >= 11 is 11.6. The average molecular weight is 621 g/mol. The number of nitrogens with one attached hydrogen (secondary N) is 1. The van der Waals surface area contributed by atoms with Crippen molar-refractivity contribution in [1.82, 2.24) is 0 Å². The van der Waals surface area contributed by atoms with Crippen LogP contribution in [0, 0.1) is 5.82 Å². The first-order chi connectivity index (χ1) is 14.7. The quantitative estimate of drug-likeness (QED) is 0.191. The average Bonchev–Trinajstić information content (AvgIpc) is 2.66. The summed E-state index contributed by atoms with van der Waals surface area (Å²) < 4.78 is 20.3. The lowest BCUT2D eigenvalue weighted by atomic mass is 10.1. The van der Waals surface area contributed by atoms with Crippen LogP contribution in [0.1, 0.15) is 15.9 Å². The van der Waals surface area contributed by atoms with E-state index in [4.69, 9.17) is 21.4 Å². The minimum atomic E-state index is -1.07. The molecule has 5 nitrogen and oxygen atoms in total. The summed E-state index contributed by atoms with van der Waals surface area (Å²) in [4.78, 5) is 11.1. The zero-order valence-electron chi connectivity index (χ0n) is 15.9. The van der Waals surface area contributed by atoms with Gasteiger partial charge in [0.25, 0.3) is 0 Å². The number of carboxylic acids is 1. The van der Waals surface area contributed by atoms with Gasteiger partial charge in [-0.2, -0.15) is 0 Å².